The molecule has 1 atom stereocenters. The summed E-state index contributed by atoms with van der Waals surface area (Å²) in [6.45, 7) is 2.48. The molecule has 0 saturated carbocycles. The predicted octanol–water partition coefficient (Wildman–Crippen LogP) is 2.42. The third kappa shape index (κ3) is 4.23. The van der Waals surface area contributed by atoms with E-state index >= 15 is 0 Å². The van der Waals surface area contributed by atoms with E-state index in [0.717, 1.165) is 44.0 Å². The van der Waals surface area contributed by atoms with Gasteiger partial charge in [0, 0.05) is 43.9 Å². The lowest BCUT2D eigenvalue weighted by Crippen LogP contribution is -2.28. The molecule has 2 heterocycles. The van der Waals surface area contributed by atoms with Crippen LogP contribution in [0.25, 0.3) is 0 Å². The van der Waals surface area contributed by atoms with Crippen LogP contribution in [0.15, 0.2) is 36.5 Å². The van der Waals surface area contributed by atoms with Gasteiger partial charge in [-0.1, -0.05) is 30.3 Å². The molecule has 1 fully saturated rings. The van der Waals surface area contributed by atoms with Gasteiger partial charge >= 0.3 is 0 Å². The number of imidazole rings is 1. The molecule has 0 unspecified atom stereocenters. The van der Waals surface area contributed by atoms with Crippen LogP contribution in [0.4, 0.5) is 0 Å². The van der Waals surface area contributed by atoms with Gasteiger partial charge in [0.15, 0.2) is 0 Å². The van der Waals surface area contributed by atoms with E-state index in [1.807, 2.05) is 43.4 Å². The molecule has 2 aromatic rings. The molecule has 1 aliphatic rings. The number of carbonyl (C=O) groups is 1. The Labute approximate surface area is 143 Å². The quantitative estimate of drug-likeness (QED) is 0.887. The number of hydrogen-bond donors (Lipinski definition) is 1. The third-order valence-corrected chi connectivity index (χ3v) is 4.53. The summed E-state index contributed by atoms with van der Waals surface area (Å²) >= 11 is 0. The molecule has 0 radical (unpaired) electrons. The highest BCUT2D eigenvalue weighted by molar-refractivity contribution is 5.76. The number of likely N-dealkylation sites (tertiary alicyclic amines) is 1. The monoisotopic (exact) mass is 326 g/mol. The maximum absolute atomic E-state index is 12.4. The average Bonchev–Trinajstić information content (AvgIpc) is 3.22. The van der Waals surface area contributed by atoms with Crippen molar-refractivity contribution in [3.8, 4) is 0 Å². The van der Waals surface area contributed by atoms with Gasteiger partial charge in [-0.15, -0.1) is 0 Å². The van der Waals surface area contributed by atoms with E-state index in [4.69, 9.17) is 0 Å². The maximum atomic E-state index is 12.4. The molecule has 0 bridgehead atoms. The van der Waals surface area contributed by atoms with Gasteiger partial charge < -0.3 is 14.8 Å². The van der Waals surface area contributed by atoms with Crippen molar-refractivity contribution >= 4 is 5.91 Å². The molecule has 0 aliphatic carbocycles. The van der Waals surface area contributed by atoms with Gasteiger partial charge in [-0.2, -0.15) is 0 Å². The zero-order valence-electron chi connectivity index (χ0n) is 14.5. The van der Waals surface area contributed by atoms with Crippen LogP contribution in [0.1, 0.15) is 35.8 Å². The van der Waals surface area contributed by atoms with Crippen LogP contribution in [0, 0.1) is 0 Å². The Morgan fingerprint density at radius 2 is 2.12 bits per heavy atom. The van der Waals surface area contributed by atoms with Crippen molar-refractivity contribution < 1.29 is 4.79 Å². The molecule has 1 aromatic carbocycles. The van der Waals surface area contributed by atoms with Gasteiger partial charge in [0.05, 0.1) is 0 Å². The second-order valence-corrected chi connectivity index (χ2v) is 6.84. The highest BCUT2D eigenvalue weighted by Crippen LogP contribution is 2.25. The molecule has 5 nitrogen and oxygen atoms in total. The Kier molecular flexibility index (Phi) is 5.30. The fourth-order valence-corrected chi connectivity index (χ4v) is 3.27. The van der Waals surface area contributed by atoms with E-state index in [0.29, 0.717) is 12.3 Å². The Hall–Kier alpha value is -2.14. The fourth-order valence-electron chi connectivity index (χ4n) is 3.27. The summed E-state index contributed by atoms with van der Waals surface area (Å²) in [7, 11) is 4.09. The second-order valence-electron chi connectivity index (χ2n) is 6.84. The van der Waals surface area contributed by atoms with Crippen molar-refractivity contribution in [2.75, 3.05) is 27.2 Å². The number of amides is 1. The normalized spacial score (nSPS) is 17.6. The van der Waals surface area contributed by atoms with Crippen LogP contribution in [0.5, 0.6) is 0 Å². The van der Waals surface area contributed by atoms with Crippen molar-refractivity contribution in [2.24, 2.45) is 0 Å². The zero-order valence-corrected chi connectivity index (χ0v) is 14.5. The highest BCUT2D eigenvalue weighted by Gasteiger charge is 2.28. The van der Waals surface area contributed by atoms with Gasteiger partial charge in [-0.3, -0.25) is 4.79 Å². The molecule has 5 heteroatoms. The lowest BCUT2D eigenvalue weighted by atomic mass is 10.1. The second kappa shape index (κ2) is 7.62. The molecule has 0 spiro atoms. The zero-order chi connectivity index (χ0) is 16.9. The number of aromatic nitrogens is 2. The molecule has 1 N–H and O–H groups in total. The lowest BCUT2D eigenvalue weighted by Gasteiger charge is -2.16. The first-order valence-electron chi connectivity index (χ1n) is 8.62. The topological polar surface area (TPSA) is 52.2 Å². The first-order valence-corrected chi connectivity index (χ1v) is 8.62. The number of nitrogens with zero attached hydrogens (tertiary/aromatic N) is 3. The third-order valence-electron chi connectivity index (χ3n) is 4.53. The predicted molar refractivity (Wildman–Crippen MR) is 94.7 cm³/mol. The van der Waals surface area contributed by atoms with E-state index < -0.39 is 0 Å². The summed E-state index contributed by atoms with van der Waals surface area (Å²) < 4.78 is 0. The Morgan fingerprint density at radius 3 is 2.88 bits per heavy atom. The summed E-state index contributed by atoms with van der Waals surface area (Å²) in [5.74, 6) is 1.60. The molecule has 3 rings (SSSR count). The number of carbonyl (C=O) groups excluding carboxylic acids is 1. The van der Waals surface area contributed by atoms with Crippen molar-refractivity contribution in [1.82, 2.24) is 19.8 Å². The molecule has 1 aliphatic heterocycles. The number of nitrogens with one attached hydrogen (secondary N) is 1. The molecule has 1 amide bonds. The van der Waals surface area contributed by atoms with Crippen LogP contribution < -0.4 is 0 Å². The number of hydrogen-bond acceptors (Lipinski definition) is 3. The lowest BCUT2D eigenvalue weighted by molar-refractivity contribution is -0.130. The Morgan fingerprint density at radius 1 is 1.33 bits per heavy atom. The number of aromatic amines is 1. The number of rotatable bonds is 6. The minimum atomic E-state index is 0.251. The molecule has 128 valence electrons. The van der Waals surface area contributed by atoms with Crippen molar-refractivity contribution in [3.63, 3.8) is 0 Å². The number of H-pyrrole nitrogens is 1. The van der Waals surface area contributed by atoms with E-state index in [1.54, 1.807) is 0 Å². The van der Waals surface area contributed by atoms with Crippen molar-refractivity contribution in [2.45, 2.75) is 31.7 Å². The van der Waals surface area contributed by atoms with Crippen LogP contribution in [0.3, 0.4) is 0 Å². The minimum absolute atomic E-state index is 0.251. The van der Waals surface area contributed by atoms with Crippen LogP contribution in [-0.2, 0) is 17.8 Å². The van der Waals surface area contributed by atoms with E-state index in [1.165, 1.54) is 5.56 Å². The Balaban J connectivity index is 1.51. The maximum Gasteiger partial charge on any atom is 0.222 e. The largest absolute Gasteiger partial charge is 0.345 e. The standard InChI is InChI=1S/C19H26N4O/c1-22(2)14-17-12-20-19(21-17)16-10-11-23(13-16)18(24)9-8-15-6-4-3-5-7-15/h3-7,12,16H,8-11,13-14H2,1-2H3,(H,20,21)/t16-/m1/s1. The summed E-state index contributed by atoms with van der Waals surface area (Å²) in [5.41, 5.74) is 2.35. The number of benzene rings is 1. The van der Waals surface area contributed by atoms with Crippen molar-refractivity contribution in [1.29, 1.82) is 0 Å². The van der Waals surface area contributed by atoms with Crippen molar-refractivity contribution in [3.05, 3.63) is 53.6 Å². The molecule has 1 saturated heterocycles. The van der Waals surface area contributed by atoms with E-state index in [-0.39, 0.29) is 5.91 Å². The summed E-state index contributed by atoms with van der Waals surface area (Å²) in [6, 6.07) is 10.2. The summed E-state index contributed by atoms with van der Waals surface area (Å²) in [4.78, 5) is 24.5. The highest BCUT2D eigenvalue weighted by atomic mass is 16.2. The fraction of sp³-hybridized carbons (Fsp3) is 0.474. The summed E-state index contributed by atoms with van der Waals surface area (Å²) in [6.07, 6.45) is 4.30. The molecule has 1 aromatic heterocycles. The minimum Gasteiger partial charge on any atom is -0.345 e. The molecular formula is C19H26N4O. The Bertz CT molecular complexity index is 665. The molecular weight excluding hydrogens is 300 g/mol. The van der Waals surface area contributed by atoms with Gasteiger partial charge in [-0.25, -0.2) is 4.98 Å². The van der Waals surface area contributed by atoms with E-state index in [9.17, 15) is 4.79 Å². The van der Waals surface area contributed by atoms with Crippen LogP contribution in [-0.4, -0.2) is 52.9 Å². The van der Waals surface area contributed by atoms with Crippen LogP contribution >= 0.6 is 0 Å². The first-order chi connectivity index (χ1) is 11.6. The smallest absolute Gasteiger partial charge is 0.222 e. The SMILES string of the molecule is CN(C)Cc1cnc([C@@H]2CCN(C(=O)CCc3ccccc3)C2)[nH]1. The van der Waals surface area contributed by atoms with Crippen LogP contribution in [0.2, 0.25) is 0 Å². The average molecular weight is 326 g/mol. The van der Waals surface area contributed by atoms with Gasteiger partial charge in [-0.05, 0) is 32.5 Å². The first kappa shape index (κ1) is 16.7. The van der Waals surface area contributed by atoms with Gasteiger partial charge in [0.25, 0.3) is 0 Å². The molecule has 24 heavy (non-hydrogen) atoms. The van der Waals surface area contributed by atoms with Gasteiger partial charge in [0.1, 0.15) is 5.82 Å². The number of aryl methyl sites for hydroxylation is 1. The summed E-state index contributed by atoms with van der Waals surface area (Å²) in [5, 5.41) is 0. The van der Waals surface area contributed by atoms with Gasteiger partial charge in [0.2, 0.25) is 5.91 Å². The van der Waals surface area contributed by atoms with E-state index in [2.05, 4.69) is 27.0 Å².